The molecule has 4 atom stereocenters. The second-order valence-corrected chi connectivity index (χ2v) is 9.70. The van der Waals surface area contributed by atoms with Crippen LogP contribution in [0.25, 0.3) is 0 Å². The number of halogens is 1. The van der Waals surface area contributed by atoms with Crippen LogP contribution in [0.2, 0.25) is 5.02 Å². The molecule has 1 aromatic rings. The molecule has 27 heavy (non-hydrogen) atoms. The van der Waals surface area contributed by atoms with E-state index in [9.17, 15) is 4.79 Å². The number of hydrogen-bond acceptors (Lipinski definition) is 3. The first-order valence-corrected chi connectivity index (χ1v) is 11.0. The fraction of sp³-hybridized carbons (Fsp3) is 0.682. The quantitative estimate of drug-likeness (QED) is 0.841. The third-order valence-corrected chi connectivity index (χ3v) is 7.94. The third kappa shape index (κ3) is 3.25. The molecule has 1 aromatic carbocycles. The van der Waals surface area contributed by atoms with Crippen LogP contribution in [0.1, 0.15) is 32.1 Å². The number of piperazine rings is 1. The van der Waals surface area contributed by atoms with Crippen molar-refractivity contribution in [1.82, 2.24) is 10.2 Å². The maximum absolute atomic E-state index is 13.0. The first-order valence-electron chi connectivity index (χ1n) is 10.6. The number of hydrogen-bond donors (Lipinski definition) is 1. The summed E-state index contributed by atoms with van der Waals surface area (Å²) in [4.78, 5) is 17.8. The fourth-order valence-electron chi connectivity index (χ4n) is 6.57. The molecular weight excluding hydrogens is 358 g/mol. The monoisotopic (exact) mass is 387 g/mol. The van der Waals surface area contributed by atoms with Crippen molar-refractivity contribution in [3.63, 3.8) is 0 Å². The molecule has 0 radical (unpaired) electrons. The highest BCUT2D eigenvalue weighted by Gasteiger charge is 2.61. The number of benzene rings is 1. The molecule has 4 nitrogen and oxygen atoms in total. The van der Waals surface area contributed by atoms with E-state index in [0.717, 1.165) is 69.0 Å². The SMILES string of the molecule is O=C(NCCN1CCN(c2cccc(Cl)c2)CC1)C12CC3CC1C[C@H](C3)C2. The number of nitrogens with one attached hydrogen (secondary N) is 1. The summed E-state index contributed by atoms with van der Waals surface area (Å²) < 4.78 is 0. The molecule has 1 N–H and O–H groups in total. The molecule has 0 aromatic heterocycles. The second kappa shape index (κ2) is 6.97. The molecule has 0 spiro atoms. The maximum atomic E-state index is 13.0. The standard InChI is InChI=1S/C22H30ClN3O/c23-19-2-1-3-20(13-19)26-8-6-25(7-9-26)5-4-24-21(27)22-14-16-10-17(15-22)12-18(22)11-16/h1-3,13,16-18H,4-12,14-15H2,(H,24,27)/t16-,17?,18?,22?/m0/s1. The molecule has 1 heterocycles. The van der Waals surface area contributed by atoms with Gasteiger partial charge in [0.15, 0.2) is 0 Å². The van der Waals surface area contributed by atoms with Gasteiger partial charge in [-0.25, -0.2) is 0 Å². The minimum absolute atomic E-state index is 0.0128. The highest BCUT2D eigenvalue weighted by Crippen LogP contribution is 2.65. The van der Waals surface area contributed by atoms with Crippen LogP contribution in [-0.2, 0) is 4.79 Å². The molecule has 4 bridgehead atoms. The van der Waals surface area contributed by atoms with Gasteiger partial charge in [0.25, 0.3) is 0 Å². The largest absolute Gasteiger partial charge is 0.369 e. The summed E-state index contributed by atoms with van der Waals surface area (Å²) in [6, 6.07) is 8.11. The Morgan fingerprint density at radius 3 is 2.56 bits per heavy atom. The van der Waals surface area contributed by atoms with Crippen LogP contribution in [0.15, 0.2) is 24.3 Å². The Morgan fingerprint density at radius 2 is 1.85 bits per heavy atom. The predicted octanol–water partition coefficient (Wildman–Crippen LogP) is 3.40. The van der Waals surface area contributed by atoms with Gasteiger partial charge in [0, 0.05) is 50.0 Å². The minimum atomic E-state index is 0.0128. The van der Waals surface area contributed by atoms with Crippen LogP contribution < -0.4 is 10.2 Å². The van der Waals surface area contributed by atoms with Crippen molar-refractivity contribution in [1.29, 1.82) is 0 Å². The molecular formula is C22H30ClN3O. The second-order valence-electron chi connectivity index (χ2n) is 9.26. The molecule has 6 rings (SSSR count). The van der Waals surface area contributed by atoms with E-state index in [1.54, 1.807) is 0 Å². The van der Waals surface area contributed by atoms with E-state index < -0.39 is 0 Å². The summed E-state index contributed by atoms with van der Waals surface area (Å²) in [5.74, 6) is 2.73. The van der Waals surface area contributed by atoms with Gasteiger partial charge >= 0.3 is 0 Å². The van der Waals surface area contributed by atoms with Gasteiger partial charge in [0.05, 0.1) is 5.41 Å². The molecule has 1 aliphatic heterocycles. The van der Waals surface area contributed by atoms with Crippen LogP contribution >= 0.6 is 11.6 Å². The Balaban J connectivity index is 1.08. The van der Waals surface area contributed by atoms with Crippen molar-refractivity contribution in [2.24, 2.45) is 23.2 Å². The van der Waals surface area contributed by atoms with E-state index in [4.69, 9.17) is 11.6 Å². The van der Waals surface area contributed by atoms with Gasteiger partial charge in [-0.2, -0.15) is 0 Å². The van der Waals surface area contributed by atoms with Crippen molar-refractivity contribution in [3.8, 4) is 0 Å². The van der Waals surface area contributed by atoms with Crippen molar-refractivity contribution in [3.05, 3.63) is 29.3 Å². The zero-order valence-corrected chi connectivity index (χ0v) is 16.8. The number of rotatable bonds is 5. The molecule has 3 unspecified atom stereocenters. The van der Waals surface area contributed by atoms with E-state index in [1.165, 1.54) is 24.9 Å². The Bertz CT molecular complexity index is 701. The van der Waals surface area contributed by atoms with Crippen molar-refractivity contribution in [2.75, 3.05) is 44.2 Å². The summed E-state index contributed by atoms with van der Waals surface area (Å²) >= 11 is 6.12. The highest BCUT2D eigenvalue weighted by atomic mass is 35.5. The van der Waals surface area contributed by atoms with E-state index in [0.29, 0.717) is 11.8 Å². The number of carbonyl (C=O) groups excluding carboxylic acids is 1. The lowest BCUT2D eigenvalue weighted by Gasteiger charge is -2.36. The average molecular weight is 388 g/mol. The lowest BCUT2D eigenvalue weighted by atomic mass is 9.75. The third-order valence-electron chi connectivity index (χ3n) is 7.70. The first kappa shape index (κ1) is 17.8. The summed E-state index contributed by atoms with van der Waals surface area (Å²) in [7, 11) is 0. The summed E-state index contributed by atoms with van der Waals surface area (Å²) in [6.45, 7) is 5.87. The number of anilines is 1. The number of amides is 1. The van der Waals surface area contributed by atoms with E-state index in [1.807, 2.05) is 18.2 Å². The Morgan fingerprint density at radius 1 is 1.11 bits per heavy atom. The van der Waals surface area contributed by atoms with Crippen LogP contribution in [0.5, 0.6) is 0 Å². The van der Waals surface area contributed by atoms with Gasteiger partial charge in [-0.15, -0.1) is 0 Å². The molecule has 1 saturated heterocycles. The van der Waals surface area contributed by atoms with E-state index in [-0.39, 0.29) is 5.41 Å². The topological polar surface area (TPSA) is 35.6 Å². The van der Waals surface area contributed by atoms with E-state index in [2.05, 4.69) is 21.2 Å². The molecule has 5 fully saturated rings. The molecule has 5 aliphatic rings. The minimum Gasteiger partial charge on any atom is -0.369 e. The number of nitrogens with zero attached hydrogens (tertiary/aromatic N) is 2. The van der Waals surface area contributed by atoms with Crippen molar-refractivity contribution in [2.45, 2.75) is 32.1 Å². The van der Waals surface area contributed by atoms with Gasteiger partial charge < -0.3 is 10.2 Å². The molecule has 1 amide bonds. The molecule has 4 saturated carbocycles. The lowest BCUT2D eigenvalue weighted by molar-refractivity contribution is -0.132. The van der Waals surface area contributed by atoms with Gasteiger partial charge in [-0.05, 0) is 68.1 Å². The molecule has 146 valence electrons. The summed E-state index contributed by atoms with van der Waals surface area (Å²) in [5, 5.41) is 4.11. The van der Waals surface area contributed by atoms with Crippen LogP contribution in [-0.4, -0.2) is 50.1 Å². The van der Waals surface area contributed by atoms with Gasteiger partial charge in [-0.1, -0.05) is 17.7 Å². The Labute approximate surface area is 167 Å². The zero-order chi connectivity index (χ0) is 18.4. The van der Waals surface area contributed by atoms with E-state index >= 15 is 0 Å². The predicted molar refractivity (Wildman–Crippen MR) is 109 cm³/mol. The smallest absolute Gasteiger partial charge is 0.226 e. The van der Waals surface area contributed by atoms with Crippen molar-refractivity contribution >= 4 is 23.2 Å². The van der Waals surface area contributed by atoms with Crippen LogP contribution in [0.3, 0.4) is 0 Å². The Kier molecular flexibility index (Phi) is 4.60. The van der Waals surface area contributed by atoms with Crippen LogP contribution in [0, 0.1) is 23.2 Å². The fourth-order valence-corrected chi connectivity index (χ4v) is 6.76. The highest BCUT2D eigenvalue weighted by molar-refractivity contribution is 6.30. The molecule has 4 aliphatic carbocycles. The summed E-state index contributed by atoms with van der Waals surface area (Å²) in [5.41, 5.74) is 1.22. The maximum Gasteiger partial charge on any atom is 0.226 e. The van der Waals surface area contributed by atoms with Crippen LogP contribution in [0.4, 0.5) is 5.69 Å². The first-order chi connectivity index (χ1) is 13.1. The number of carbonyl (C=O) groups is 1. The Hall–Kier alpha value is -1.26. The van der Waals surface area contributed by atoms with Gasteiger partial charge in [0.2, 0.25) is 5.91 Å². The molecule has 5 heteroatoms. The van der Waals surface area contributed by atoms with Gasteiger partial charge in [-0.3, -0.25) is 9.69 Å². The van der Waals surface area contributed by atoms with Gasteiger partial charge in [0.1, 0.15) is 0 Å². The average Bonchev–Trinajstić information content (AvgIpc) is 3.07. The summed E-state index contributed by atoms with van der Waals surface area (Å²) in [6.07, 6.45) is 6.35. The van der Waals surface area contributed by atoms with Crippen molar-refractivity contribution < 1.29 is 4.79 Å². The normalized spacial score (nSPS) is 35.0. The lowest BCUT2D eigenvalue weighted by Crippen LogP contribution is -2.50. The zero-order valence-electron chi connectivity index (χ0n) is 16.0.